The van der Waals surface area contributed by atoms with Gasteiger partial charge in [-0.3, -0.25) is 25.0 Å². The smallest absolute Gasteiger partial charge is 0.414 e. The molecule has 2 fully saturated rings. The number of nitrogens with zero attached hydrogens (tertiary/aromatic N) is 4. The van der Waals surface area contributed by atoms with Crippen molar-refractivity contribution in [2.24, 2.45) is 11.7 Å². The minimum Gasteiger partial charge on any atom is -0.444 e. The second-order valence-corrected chi connectivity index (χ2v) is 12.2. The van der Waals surface area contributed by atoms with Gasteiger partial charge in [0.2, 0.25) is 5.88 Å². The lowest BCUT2D eigenvalue weighted by atomic mass is 9.94. The van der Waals surface area contributed by atoms with Crippen LogP contribution in [0.4, 0.5) is 44.4 Å². The zero-order valence-corrected chi connectivity index (χ0v) is 25.2. The zero-order valence-electron chi connectivity index (χ0n) is 25.2. The highest BCUT2D eigenvalue weighted by molar-refractivity contribution is 6.16. The summed E-state index contributed by atoms with van der Waals surface area (Å²) in [6.45, 7) is 5.27. The summed E-state index contributed by atoms with van der Waals surface area (Å²) in [5, 5.41) is 5.08. The van der Waals surface area contributed by atoms with Gasteiger partial charge in [-0.05, 0) is 44.9 Å². The summed E-state index contributed by atoms with van der Waals surface area (Å²) in [6, 6.07) is 3.02. The summed E-state index contributed by atoms with van der Waals surface area (Å²) in [7, 11) is 0. The lowest BCUT2D eigenvalue weighted by Gasteiger charge is -2.39. The van der Waals surface area contributed by atoms with Crippen molar-refractivity contribution in [3.8, 4) is 0 Å². The van der Waals surface area contributed by atoms with Crippen molar-refractivity contribution in [1.82, 2.24) is 14.9 Å². The van der Waals surface area contributed by atoms with Gasteiger partial charge in [-0.1, -0.05) is 0 Å². The monoisotopic (exact) mass is 651 g/mol. The molecule has 0 spiro atoms. The van der Waals surface area contributed by atoms with Crippen molar-refractivity contribution in [2.75, 3.05) is 41.7 Å². The molecule has 0 aromatic carbocycles. The number of nitrogens with one attached hydrogen (secondary N) is 2. The van der Waals surface area contributed by atoms with Gasteiger partial charge in [0.05, 0.1) is 30.0 Å². The third kappa shape index (κ3) is 7.75. The molecule has 2 saturated heterocycles. The maximum absolute atomic E-state index is 13.8. The Kier molecular flexibility index (Phi) is 8.97. The highest BCUT2D eigenvalue weighted by Gasteiger charge is 2.46. The summed E-state index contributed by atoms with van der Waals surface area (Å²) < 4.78 is 70.9. The second-order valence-electron chi connectivity index (χ2n) is 12.2. The molecule has 0 bridgehead atoms. The number of pyridine rings is 2. The predicted molar refractivity (Wildman–Crippen MR) is 157 cm³/mol. The number of piperidine rings is 1. The summed E-state index contributed by atoms with van der Waals surface area (Å²) in [5.41, 5.74) is 5.13. The summed E-state index contributed by atoms with van der Waals surface area (Å²) in [4.78, 5) is 49.4. The van der Waals surface area contributed by atoms with E-state index in [9.17, 15) is 31.9 Å². The van der Waals surface area contributed by atoms with Gasteiger partial charge >= 0.3 is 18.4 Å². The number of carbonyl (C=O) groups is 3. The molecule has 3 amide bonds. The number of ether oxygens (including phenoxy) is 2. The van der Waals surface area contributed by atoms with Crippen LogP contribution in [0, 0.1) is 5.92 Å². The number of halogens is 4. The number of hydrogen-bond donors (Lipinski definition) is 3. The number of primary amides is 1. The van der Waals surface area contributed by atoms with E-state index < -0.39 is 61.0 Å². The van der Waals surface area contributed by atoms with Crippen LogP contribution in [0.2, 0.25) is 0 Å². The van der Waals surface area contributed by atoms with Crippen molar-refractivity contribution in [2.45, 2.75) is 57.8 Å². The molecule has 3 aromatic rings. The van der Waals surface area contributed by atoms with Crippen LogP contribution < -0.4 is 21.3 Å². The first-order valence-electron chi connectivity index (χ1n) is 14.4. The molecule has 0 saturated carbocycles. The van der Waals surface area contributed by atoms with Crippen LogP contribution in [0.1, 0.15) is 43.1 Å². The minimum atomic E-state index is -4.60. The number of nitrogens with two attached hydrogens (primary N) is 1. The first kappa shape index (κ1) is 32.7. The molecule has 0 unspecified atom stereocenters. The minimum absolute atomic E-state index is 0.0286. The van der Waals surface area contributed by atoms with Crippen LogP contribution in [-0.2, 0) is 16.0 Å². The number of rotatable bonds is 7. The van der Waals surface area contributed by atoms with E-state index in [1.54, 1.807) is 26.8 Å². The second kappa shape index (κ2) is 12.6. The molecule has 46 heavy (non-hydrogen) atoms. The number of anilines is 3. The third-order valence-corrected chi connectivity index (χ3v) is 7.29. The number of amides is 3. The van der Waals surface area contributed by atoms with Crippen LogP contribution in [0.15, 0.2) is 35.1 Å². The van der Waals surface area contributed by atoms with Crippen molar-refractivity contribution in [3.05, 3.63) is 41.9 Å². The molecule has 17 heteroatoms. The summed E-state index contributed by atoms with van der Waals surface area (Å²) in [5.74, 6) is -2.96. The van der Waals surface area contributed by atoms with Crippen LogP contribution in [-0.4, -0.2) is 83.2 Å². The van der Waals surface area contributed by atoms with Gasteiger partial charge in [-0.15, -0.1) is 0 Å². The number of likely N-dealkylation sites (tertiary alicyclic amines) is 1. The molecule has 5 rings (SSSR count). The Bertz CT molecular complexity index is 1620. The maximum Gasteiger partial charge on any atom is 0.414 e. The number of aromatic nitrogens is 2. The molecule has 0 aliphatic carbocycles. The predicted octanol–water partition coefficient (Wildman–Crippen LogP) is 4.83. The van der Waals surface area contributed by atoms with Gasteiger partial charge in [-0.2, -0.15) is 13.2 Å². The largest absolute Gasteiger partial charge is 0.444 e. The first-order chi connectivity index (χ1) is 21.6. The fourth-order valence-corrected chi connectivity index (χ4v) is 5.38. The molecular weight excluding hydrogens is 618 g/mol. The van der Waals surface area contributed by atoms with E-state index in [-0.39, 0.29) is 53.6 Å². The number of alkyl halides is 4. The number of fused-ring (bicyclic) bond motifs is 1. The van der Waals surface area contributed by atoms with Crippen molar-refractivity contribution >= 4 is 46.5 Å². The molecule has 0 radical (unpaired) electrons. The highest BCUT2D eigenvalue weighted by atomic mass is 19.4. The van der Waals surface area contributed by atoms with Crippen molar-refractivity contribution < 1.29 is 45.8 Å². The molecule has 2 atom stereocenters. The Hall–Kier alpha value is -4.67. The van der Waals surface area contributed by atoms with E-state index in [2.05, 4.69) is 20.6 Å². The van der Waals surface area contributed by atoms with Crippen LogP contribution in [0.3, 0.4) is 0 Å². The maximum atomic E-state index is 13.8. The third-order valence-electron chi connectivity index (χ3n) is 7.29. The molecule has 2 aliphatic heterocycles. The molecule has 4 N–H and O–H groups in total. The van der Waals surface area contributed by atoms with Gasteiger partial charge < -0.3 is 29.8 Å². The van der Waals surface area contributed by atoms with Crippen LogP contribution in [0.25, 0.3) is 11.1 Å². The molecular formula is C29H33F4N7O6. The van der Waals surface area contributed by atoms with E-state index in [1.807, 2.05) is 4.90 Å². The molecule has 13 nitrogen and oxygen atoms in total. The Morgan fingerprint density at radius 2 is 1.85 bits per heavy atom. The average Bonchev–Trinajstić information content (AvgIpc) is 3.27. The SMILES string of the molecule is CC(C)(C)OC(=O)Nc1oc2cc(CN3CC(F)C3)cnc2c1C(=O)Nc1cnccc1N1C[C@@H](OC(N)=O)C[C@@H](C(F)(F)F)C1. The lowest BCUT2D eigenvalue weighted by Crippen LogP contribution is -2.49. The van der Waals surface area contributed by atoms with E-state index >= 15 is 0 Å². The standard InChI is InChI=1S/C29H33F4N7O6/c1-28(2,3)46-27(43)38-25-22(23-21(45-25)6-15(8-36-23)10-39-12-17(30)13-39)24(41)37-19-9-35-5-4-20(19)40-11-16(29(31,32)33)7-18(14-40)44-26(34)42/h4-6,8-9,16-18H,7,10-14H2,1-3H3,(H2,34,42)(H,37,41)(H,38,43)/t16-,18+/m1/s1. The Labute approximate surface area is 260 Å². The highest BCUT2D eigenvalue weighted by Crippen LogP contribution is 2.38. The quantitative estimate of drug-likeness (QED) is 0.302. The number of furan rings is 1. The normalized spacial score (nSPS) is 19.4. The first-order valence-corrected chi connectivity index (χ1v) is 14.4. The van der Waals surface area contributed by atoms with Crippen LogP contribution in [0.5, 0.6) is 0 Å². The van der Waals surface area contributed by atoms with Gasteiger partial charge in [0, 0.05) is 38.6 Å². The van der Waals surface area contributed by atoms with Crippen molar-refractivity contribution in [1.29, 1.82) is 0 Å². The Morgan fingerprint density at radius 1 is 1.11 bits per heavy atom. The van der Waals surface area contributed by atoms with Gasteiger partial charge in [0.15, 0.2) is 5.58 Å². The van der Waals surface area contributed by atoms with E-state index in [1.165, 1.54) is 29.6 Å². The number of hydrogen-bond acceptors (Lipinski definition) is 10. The molecule has 2 aliphatic rings. The van der Waals surface area contributed by atoms with Crippen molar-refractivity contribution in [3.63, 3.8) is 0 Å². The van der Waals surface area contributed by atoms with E-state index in [0.29, 0.717) is 12.1 Å². The molecule has 248 valence electrons. The summed E-state index contributed by atoms with van der Waals surface area (Å²) in [6.07, 6.45) is -5.18. The Morgan fingerprint density at radius 3 is 2.50 bits per heavy atom. The molecule has 5 heterocycles. The average molecular weight is 652 g/mol. The summed E-state index contributed by atoms with van der Waals surface area (Å²) >= 11 is 0. The van der Waals surface area contributed by atoms with Crippen LogP contribution >= 0.6 is 0 Å². The fourth-order valence-electron chi connectivity index (χ4n) is 5.38. The van der Waals surface area contributed by atoms with E-state index in [0.717, 1.165) is 0 Å². The zero-order chi connectivity index (χ0) is 33.4. The van der Waals surface area contributed by atoms with Gasteiger partial charge in [-0.25, -0.2) is 14.0 Å². The van der Waals surface area contributed by atoms with Gasteiger partial charge in [0.1, 0.15) is 29.0 Å². The Balaban J connectivity index is 1.46. The lowest BCUT2D eigenvalue weighted by molar-refractivity contribution is -0.182. The molecule has 3 aromatic heterocycles. The number of carbonyl (C=O) groups excluding carboxylic acids is 3. The fraction of sp³-hybridized carbons (Fsp3) is 0.483. The van der Waals surface area contributed by atoms with E-state index in [4.69, 9.17) is 19.6 Å². The topological polar surface area (TPSA) is 165 Å². The van der Waals surface area contributed by atoms with Gasteiger partial charge in [0.25, 0.3) is 5.91 Å².